The Hall–Kier alpha value is -0.730. The summed E-state index contributed by atoms with van der Waals surface area (Å²) >= 11 is 11.2. The largest absolute Gasteiger partial charge is 0.379 e. The molecule has 0 unspecified atom stereocenters. The minimum Gasteiger partial charge on any atom is -0.379 e. The van der Waals surface area contributed by atoms with Gasteiger partial charge in [-0.25, -0.2) is 4.39 Å². The van der Waals surface area contributed by atoms with E-state index in [-0.39, 0.29) is 5.82 Å². The summed E-state index contributed by atoms with van der Waals surface area (Å²) in [5.74, 6) is -0.322. The standard InChI is InChI=1S/C10H10Cl2FN/c1-7(5-11)6-14-10-4-8(12)2-3-9(10)13/h2-5,14H,6H2,1H3/b7-5-. The van der Waals surface area contributed by atoms with Crippen LogP contribution >= 0.6 is 23.2 Å². The van der Waals surface area contributed by atoms with Crippen LogP contribution < -0.4 is 5.32 Å². The number of hydrogen-bond donors (Lipinski definition) is 1. The van der Waals surface area contributed by atoms with Gasteiger partial charge in [0.2, 0.25) is 0 Å². The first kappa shape index (κ1) is 11.3. The third kappa shape index (κ3) is 3.20. The first-order chi connectivity index (χ1) is 6.63. The van der Waals surface area contributed by atoms with Crippen LogP contribution in [-0.4, -0.2) is 6.54 Å². The Balaban J connectivity index is 2.71. The van der Waals surface area contributed by atoms with Crippen molar-refractivity contribution >= 4 is 28.9 Å². The molecule has 0 aromatic heterocycles. The Morgan fingerprint density at radius 1 is 1.57 bits per heavy atom. The Kier molecular flexibility index (Phi) is 4.23. The van der Waals surface area contributed by atoms with Crippen molar-refractivity contribution in [2.24, 2.45) is 0 Å². The second kappa shape index (κ2) is 5.23. The molecule has 0 heterocycles. The van der Waals surface area contributed by atoms with E-state index in [2.05, 4.69) is 5.32 Å². The molecule has 0 atom stereocenters. The van der Waals surface area contributed by atoms with Crippen LogP contribution in [0.25, 0.3) is 0 Å². The molecule has 0 amide bonds. The molecule has 76 valence electrons. The van der Waals surface area contributed by atoms with Gasteiger partial charge in [-0.2, -0.15) is 0 Å². The van der Waals surface area contributed by atoms with Crippen LogP contribution in [0.4, 0.5) is 10.1 Å². The van der Waals surface area contributed by atoms with E-state index in [1.54, 1.807) is 6.07 Å². The summed E-state index contributed by atoms with van der Waals surface area (Å²) in [6.45, 7) is 2.35. The predicted octanol–water partition coefficient (Wildman–Crippen LogP) is 4.03. The van der Waals surface area contributed by atoms with E-state index < -0.39 is 0 Å². The number of anilines is 1. The van der Waals surface area contributed by atoms with Gasteiger partial charge in [-0.05, 0) is 30.7 Å². The van der Waals surface area contributed by atoms with Crippen LogP contribution in [0, 0.1) is 5.82 Å². The molecule has 0 aliphatic heterocycles. The normalized spacial score (nSPS) is 11.6. The molecule has 14 heavy (non-hydrogen) atoms. The molecular formula is C10H10Cl2FN. The molecule has 1 rings (SSSR count). The summed E-state index contributed by atoms with van der Waals surface area (Å²) in [5.41, 5.74) is 2.76. The summed E-state index contributed by atoms with van der Waals surface area (Å²) in [5, 5.41) is 3.39. The molecule has 1 aromatic rings. The third-order valence-electron chi connectivity index (χ3n) is 1.67. The second-order valence-electron chi connectivity index (χ2n) is 2.93. The van der Waals surface area contributed by atoms with Crippen LogP contribution in [0.5, 0.6) is 0 Å². The highest BCUT2D eigenvalue weighted by atomic mass is 35.5. The zero-order valence-electron chi connectivity index (χ0n) is 7.65. The lowest BCUT2D eigenvalue weighted by molar-refractivity contribution is 0.631. The van der Waals surface area contributed by atoms with Crippen LogP contribution in [0.1, 0.15) is 6.92 Å². The Morgan fingerprint density at radius 2 is 2.29 bits per heavy atom. The first-order valence-electron chi connectivity index (χ1n) is 4.08. The molecule has 0 saturated carbocycles. The summed E-state index contributed by atoms with van der Waals surface area (Å²) in [4.78, 5) is 0. The molecular weight excluding hydrogens is 224 g/mol. The van der Waals surface area contributed by atoms with Crippen LogP contribution in [0.3, 0.4) is 0 Å². The van der Waals surface area contributed by atoms with Gasteiger partial charge < -0.3 is 5.32 Å². The number of nitrogens with one attached hydrogen (secondary N) is 1. The molecule has 1 nitrogen and oxygen atoms in total. The zero-order valence-corrected chi connectivity index (χ0v) is 9.16. The Bertz CT molecular complexity index is 350. The molecule has 0 bridgehead atoms. The van der Waals surface area contributed by atoms with Gasteiger partial charge in [-0.1, -0.05) is 23.2 Å². The summed E-state index contributed by atoms with van der Waals surface area (Å²) in [6.07, 6.45) is 0. The van der Waals surface area contributed by atoms with Gasteiger partial charge in [0.1, 0.15) is 5.82 Å². The van der Waals surface area contributed by atoms with Gasteiger partial charge in [-0.15, -0.1) is 0 Å². The number of hydrogen-bond acceptors (Lipinski definition) is 1. The molecule has 0 spiro atoms. The smallest absolute Gasteiger partial charge is 0.146 e. The van der Waals surface area contributed by atoms with Gasteiger partial charge in [-0.3, -0.25) is 0 Å². The molecule has 1 N–H and O–H groups in total. The van der Waals surface area contributed by atoms with Gasteiger partial charge in [0.05, 0.1) is 5.69 Å². The Labute approximate surface area is 92.5 Å². The van der Waals surface area contributed by atoms with E-state index in [0.717, 1.165) is 5.57 Å². The fourth-order valence-electron chi connectivity index (χ4n) is 0.906. The van der Waals surface area contributed by atoms with Crippen LogP contribution in [-0.2, 0) is 0 Å². The maximum absolute atomic E-state index is 13.2. The zero-order chi connectivity index (χ0) is 10.6. The topological polar surface area (TPSA) is 12.0 Å². The first-order valence-corrected chi connectivity index (χ1v) is 4.89. The van der Waals surface area contributed by atoms with E-state index in [9.17, 15) is 4.39 Å². The van der Waals surface area contributed by atoms with Crippen molar-refractivity contribution in [3.8, 4) is 0 Å². The fraction of sp³-hybridized carbons (Fsp3) is 0.200. The van der Waals surface area contributed by atoms with E-state index in [0.29, 0.717) is 17.3 Å². The molecule has 0 fully saturated rings. The molecule has 0 aliphatic rings. The lowest BCUT2D eigenvalue weighted by Gasteiger charge is -2.07. The maximum Gasteiger partial charge on any atom is 0.146 e. The van der Waals surface area contributed by atoms with Gasteiger partial charge in [0.25, 0.3) is 0 Å². The fourth-order valence-corrected chi connectivity index (χ4v) is 1.16. The van der Waals surface area contributed by atoms with Gasteiger partial charge >= 0.3 is 0 Å². The van der Waals surface area contributed by atoms with E-state index >= 15 is 0 Å². The van der Waals surface area contributed by atoms with E-state index in [1.807, 2.05) is 6.92 Å². The average molecular weight is 234 g/mol. The van der Waals surface area contributed by atoms with Crippen LogP contribution in [0.15, 0.2) is 29.3 Å². The number of halogens is 3. The maximum atomic E-state index is 13.2. The molecule has 0 saturated heterocycles. The highest BCUT2D eigenvalue weighted by molar-refractivity contribution is 6.30. The van der Waals surface area contributed by atoms with Gasteiger partial charge in [0, 0.05) is 17.1 Å². The second-order valence-corrected chi connectivity index (χ2v) is 3.59. The predicted molar refractivity (Wildman–Crippen MR) is 59.5 cm³/mol. The van der Waals surface area contributed by atoms with Crippen molar-refractivity contribution in [2.45, 2.75) is 6.92 Å². The van der Waals surface area contributed by atoms with Crippen molar-refractivity contribution in [2.75, 3.05) is 11.9 Å². The molecule has 4 heteroatoms. The van der Waals surface area contributed by atoms with Gasteiger partial charge in [0.15, 0.2) is 0 Å². The van der Waals surface area contributed by atoms with E-state index in [1.165, 1.54) is 17.7 Å². The highest BCUT2D eigenvalue weighted by Crippen LogP contribution is 2.19. The summed E-state index contributed by atoms with van der Waals surface area (Å²) in [6, 6.07) is 4.37. The molecule has 1 aromatic carbocycles. The highest BCUT2D eigenvalue weighted by Gasteiger charge is 2.01. The minimum absolute atomic E-state index is 0.322. The van der Waals surface area contributed by atoms with Crippen molar-refractivity contribution in [1.29, 1.82) is 0 Å². The minimum atomic E-state index is -0.322. The average Bonchev–Trinajstić information content (AvgIpc) is 2.19. The molecule has 0 radical (unpaired) electrons. The number of benzene rings is 1. The monoisotopic (exact) mass is 233 g/mol. The van der Waals surface area contributed by atoms with Crippen molar-refractivity contribution in [3.63, 3.8) is 0 Å². The van der Waals surface area contributed by atoms with Crippen molar-refractivity contribution < 1.29 is 4.39 Å². The lowest BCUT2D eigenvalue weighted by atomic mass is 10.3. The Morgan fingerprint density at radius 3 is 2.93 bits per heavy atom. The van der Waals surface area contributed by atoms with E-state index in [4.69, 9.17) is 23.2 Å². The van der Waals surface area contributed by atoms with Crippen molar-refractivity contribution in [3.05, 3.63) is 40.1 Å². The molecule has 0 aliphatic carbocycles. The quantitative estimate of drug-likeness (QED) is 0.832. The number of rotatable bonds is 3. The van der Waals surface area contributed by atoms with Crippen molar-refractivity contribution in [1.82, 2.24) is 0 Å². The summed E-state index contributed by atoms with van der Waals surface area (Å²) < 4.78 is 13.2. The SMILES string of the molecule is C/C(=C/Cl)CNc1cc(Cl)ccc1F. The lowest BCUT2D eigenvalue weighted by Crippen LogP contribution is -2.03. The summed E-state index contributed by atoms with van der Waals surface area (Å²) in [7, 11) is 0. The third-order valence-corrected chi connectivity index (χ3v) is 2.28. The van der Waals surface area contributed by atoms with Crippen LogP contribution in [0.2, 0.25) is 5.02 Å².